The van der Waals surface area contributed by atoms with Crippen LogP contribution in [-0.2, 0) is 5.75 Å². The maximum atomic E-state index is 5.39. The summed E-state index contributed by atoms with van der Waals surface area (Å²) in [5.41, 5.74) is 7.69. The molecule has 0 atom stereocenters. The summed E-state index contributed by atoms with van der Waals surface area (Å²) in [5.74, 6) is 0.751. The number of thioether (sulfide) groups is 1. The molecule has 0 saturated carbocycles. The van der Waals surface area contributed by atoms with Gasteiger partial charge in [0.1, 0.15) is 5.01 Å². The summed E-state index contributed by atoms with van der Waals surface area (Å²) in [5, 5.41) is 6.85. The molecule has 1 heterocycles. The minimum absolute atomic E-state index is 0. The van der Waals surface area contributed by atoms with E-state index in [0.717, 1.165) is 16.3 Å². The smallest absolute Gasteiger partial charge is 0.300 e. The molecule has 0 aliphatic rings. The van der Waals surface area contributed by atoms with Crippen LogP contribution in [0.3, 0.4) is 0 Å². The average molecular weight is 274 g/mol. The third-order valence-electron chi connectivity index (χ3n) is 1.95. The quantitative estimate of drug-likeness (QED) is 0.488. The zero-order valence-corrected chi connectivity index (χ0v) is 11.1. The van der Waals surface area contributed by atoms with Gasteiger partial charge in [0, 0.05) is 0 Å². The molecular formula is C10H12ClN3S2. The molecule has 6 heteroatoms. The molecule has 0 fully saturated rings. The minimum Gasteiger partial charge on any atom is -1.00 e. The maximum absolute atomic E-state index is 5.39. The van der Waals surface area contributed by atoms with Crippen molar-refractivity contribution in [2.45, 2.75) is 12.7 Å². The second-order valence-corrected chi connectivity index (χ2v) is 5.43. The number of fused-ring (bicyclic) bond motifs is 1. The molecule has 0 spiro atoms. The zero-order chi connectivity index (χ0) is 10.8. The van der Waals surface area contributed by atoms with E-state index in [2.05, 4.69) is 30.1 Å². The molecule has 1 aromatic heterocycles. The van der Waals surface area contributed by atoms with Gasteiger partial charge in [-0.15, -0.1) is 11.3 Å². The molecule has 0 aliphatic heterocycles. The summed E-state index contributed by atoms with van der Waals surface area (Å²) < 4.78 is 1.21. The zero-order valence-electron chi connectivity index (χ0n) is 8.74. The highest BCUT2D eigenvalue weighted by molar-refractivity contribution is 8.12. The Morgan fingerprint density at radius 2 is 2.31 bits per heavy atom. The lowest BCUT2D eigenvalue weighted by Crippen LogP contribution is -3.00. The van der Waals surface area contributed by atoms with E-state index in [1.54, 1.807) is 11.3 Å². The Labute approximate surface area is 108 Å². The van der Waals surface area contributed by atoms with E-state index in [-0.39, 0.29) is 12.4 Å². The fraction of sp³-hybridized carbons (Fsp3) is 0.200. The van der Waals surface area contributed by atoms with Gasteiger partial charge < -0.3 is 12.4 Å². The molecule has 0 amide bonds. The first-order valence-corrected chi connectivity index (χ1v) is 6.32. The van der Waals surface area contributed by atoms with Crippen LogP contribution in [0.5, 0.6) is 0 Å². The highest BCUT2D eigenvalue weighted by atomic mass is 35.5. The Kier molecular flexibility index (Phi) is 4.58. The minimum atomic E-state index is 0. The van der Waals surface area contributed by atoms with Gasteiger partial charge in [-0.3, -0.25) is 11.1 Å². The van der Waals surface area contributed by atoms with Crippen LogP contribution in [0.15, 0.2) is 18.2 Å². The van der Waals surface area contributed by atoms with E-state index in [1.807, 2.05) is 0 Å². The third kappa shape index (κ3) is 3.10. The molecular weight excluding hydrogens is 262 g/mol. The van der Waals surface area contributed by atoms with Gasteiger partial charge in [0.05, 0.1) is 16.0 Å². The Hall–Kier alpha value is -0.780. The van der Waals surface area contributed by atoms with Gasteiger partial charge in [0.25, 0.3) is 5.17 Å². The fourth-order valence-corrected chi connectivity index (χ4v) is 2.80. The van der Waals surface area contributed by atoms with Crippen LogP contribution < -0.4 is 23.5 Å². The van der Waals surface area contributed by atoms with Crippen molar-refractivity contribution in [2.24, 2.45) is 5.73 Å². The first kappa shape index (κ1) is 13.3. The molecule has 0 radical (unpaired) electrons. The van der Waals surface area contributed by atoms with E-state index in [9.17, 15) is 0 Å². The van der Waals surface area contributed by atoms with Crippen molar-refractivity contribution in [3.05, 3.63) is 28.8 Å². The molecule has 0 saturated heterocycles. The Morgan fingerprint density at radius 1 is 1.56 bits per heavy atom. The van der Waals surface area contributed by atoms with Crippen LogP contribution in [-0.4, -0.2) is 10.2 Å². The lowest BCUT2D eigenvalue weighted by Gasteiger charge is -1.89. The topological polar surface area (TPSA) is 64.5 Å². The first-order chi connectivity index (χ1) is 7.15. The van der Waals surface area contributed by atoms with E-state index < -0.39 is 0 Å². The molecule has 0 bridgehead atoms. The number of benzene rings is 1. The predicted molar refractivity (Wildman–Crippen MR) is 66.8 cm³/mol. The predicted octanol–water partition coefficient (Wildman–Crippen LogP) is -2.08. The fourth-order valence-electron chi connectivity index (χ4n) is 1.29. The number of nitrogens with zero attached hydrogens (tertiary/aromatic N) is 1. The summed E-state index contributed by atoms with van der Waals surface area (Å²) in [6.45, 7) is 2.07. The molecule has 0 unspecified atom stereocenters. The Morgan fingerprint density at radius 3 is 3.00 bits per heavy atom. The number of halogens is 1. The molecule has 2 rings (SSSR count). The van der Waals surface area contributed by atoms with E-state index in [1.165, 1.54) is 22.0 Å². The van der Waals surface area contributed by atoms with E-state index in [0.29, 0.717) is 5.17 Å². The van der Waals surface area contributed by atoms with Gasteiger partial charge in [0.2, 0.25) is 0 Å². The maximum Gasteiger partial charge on any atom is 0.300 e. The van der Waals surface area contributed by atoms with Crippen molar-refractivity contribution < 1.29 is 17.8 Å². The largest absolute Gasteiger partial charge is 1.00 e. The number of rotatable bonds is 2. The number of thiazole rings is 1. The van der Waals surface area contributed by atoms with Crippen molar-refractivity contribution >= 4 is 38.5 Å². The van der Waals surface area contributed by atoms with Gasteiger partial charge in [-0.25, -0.2) is 4.98 Å². The SMILES string of the molecule is Cc1ccc2sc(CSC(N)=[NH2+])nc2c1.[Cl-]. The van der Waals surface area contributed by atoms with Crippen molar-refractivity contribution in [2.75, 3.05) is 0 Å². The van der Waals surface area contributed by atoms with E-state index in [4.69, 9.17) is 11.1 Å². The molecule has 4 N–H and O–H groups in total. The lowest BCUT2D eigenvalue weighted by atomic mass is 10.2. The van der Waals surface area contributed by atoms with Gasteiger partial charge >= 0.3 is 0 Å². The van der Waals surface area contributed by atoms with Crippen LogP contribution in [0.1, 0.15) is 10.6 Å². The van der Waals surface area contributed by atoms with Gasteiger partial charge in [0.15, 0.2) is 0 Å². The Bertz CT molecular complexity index is 510. The monoisotopic (exact) mass is 273 g/mol. The van der Waals surface area contributed by atoms with Gasteiger partial charge in [-0.2, -0.15) is 0 Å². The number of nitrogens with two attached hydrogens (primary N) is 2. The summed E-state index contributed by atoms with van der Waals surface area (Å²) in [7, 11) is 0. The van der Waals surface area contributed by atoms with Gasteiger partial charge in [-0.05, 0) is 36.4 Å². The lowest BCUT2D eigenvalue weighted by molar-refractivity contribution is -0.110. The Balaban J connectivity index is 0.00000128. The number of hydrogen-bond acceptors (Lipinski definition) is 3. The van der Waals surface area contributed by atoms with Crippen molar-refractivity contribution in [3.63, 3.8) is 0 Å². The average Bonchev–Trinajstić information content (AvgIpc) is 2.56. The normalized spacial score (nSPS) is 10.1. The van der Waals surface area contributed by atoms with Crippen LogP contribution in [0.4, 0.5) is 0 Å². The van der Waals surface area contributed by atoms with Crippen LogP contribution >= 0.6 is 23.1 Å². The van der Waals surface area contributed by atoms with Crippen LogP contribution in [0.25, 0.3) is 10.2 Å². The van der Waals surface area contributed by atoms with Crippen molar-refractivity contribution in [1.82, 2.24) is 4.98 Å². The molecule has 0 aliphatic carbocycles. The molecule has 3 nitrogen and oxygen atoms in total. The molecule has 16 heavy (non-hydrogen) atoms. The molecule has 1 aromatic carbocycles. The summed E-state index contributed by atoms with van der Waals surface area (Å²) >= 11 is 3.12. The van der Waals surface area contributed by atoms with Crippen LogP contribution in [0.2, 0.25) is 0 Å². The standard InChI is InChI=1S/C10H11N3S2.ClH/c1-6-2-3-8-7(4-6)13-9(15-8)5-14-10(11)12;/h2-4H,5H2,1H3,(H3,11,12);1H. The molecule has 86 valence electrons. The second-order valence-electron chi connectivity index (χ2n) is 3.27. The summed E-state index contributed by atoms with van der Waals surface area (Å²) in [4.78, 5) is 4.52. The highest BCUT2D eigenvalue weighted by Gasteiger charge is 2.05. The number of aromatic nitrogens is 1. The second kappa shape index (κ2) is 5.52. The number of aryl methyl sites for hydroxylation is 1. The van der Waals surface area contributed by atoms with Crippen molar-refractivity contribution in [1.29, 1.82) is 0 Å². The van der Waals surface area contributed by atoms with Crippen molar-refractivity contribution in [3.8, 4) is 0 Å². The number of amidine groups is 1. The third-order valence-corrected chi connectivity index (χ3v) is 3.92. The highest BCUT2D eigenvalue weighted by Crippen LogP contribution is 2.25. The van der Waals surface area contributed by atoms with Gasteiger partial charge in [-0.1, -0.05) is 6.07 Å². The summed E-state index contributed by atoms with van der Waals surface area (Å²) in [6, 6.07) is 6.29. The van der Waals surface area contributed by atoms with E-state index >= 15 is 0 Å². The van der Waals surface area contributed by atoms with Crippen LogP contribution in [0, 0.1) is 6.92 Å². The first-order valence-electron chi connectivity index (χ1n) is 4.52. The molecule has 2 aromatic rings. The summed E-state index contributed by atoms with van der Waals surface area (Å²) in [6.07, 6.45) is 0. The number of hydrogen-bond donors (Lipinski definition) is 2.